The summed E-state index contributed by atoms with van der Waals surface area (Å²) in [6, 6.07) is -1.04. The third kappa shape index (κ3) is 2.13. The van der Waals surface area contributed by atoms with Gasteiger partial charge >= 0.3 is 0 Å². The van der Waals surface area contributed by atoms with Gasteiger partial charge in [0.05, 0.1) is 0 Å². The van der Waals surface area contributed by atoms with Crippen molar-refractivity contribution in [1.29, 1.82) is 0 Å². The van der Waals surface area contributed by atoms with Crippen LogP contribution >= 0.6 is 0 Å². The van der Waals surface area contributed by atoms with Crippen LogP contribution < -0.4 is 5.73 Å². The number of nitrogens with zero attached hydrogens (tertiary/aromatic N) is 1. The largest absolute Gasteiger partial charge is 0.366 e. The van der Waals surface area contributed by atoms with Gasteiger partial charge in [-0.3, -0.25) is 10.1 Å². The minimum atomic E-state index is -1.39. The summed E-state index contributed by atoms with van der Waals surface area (Å²) in [7, 11) is 1.24. The van der Waals surface area contributed by atoms with Crippen LogP contribution in [0.25, 0.3) is 0 Å². The molecule has 12 heavy (non-hydrogen) atoms. The van der Waals surface area contributed by atoms with E-state index in [0.717, 1.165) is 0 Å². The Balaban J connectivity index is 4.44. The molecule has 0 aromatic heterocycles. The van der Waals surface area contributed by atoms with Crippen LogP contribution in [0, 0.1) is 10.1 Å². The van der Waals surface area contributed by atoms with Crippen LogP contribution in [-0.4, -0.2) is 35.0 Å². The molecule has 0 spiro atoms. The summed E-state index contributed by atoms with van der Waals surface area (Å²) < 4.78 is 4.47. The maximum atomic E-state index is 10.4. The number of aliphatic hydroxyl groups is 1. The van der Waals surface area contributed by atoms with Gasteiger partial charge in [-0.05, 0) is 0 Å². The lowest BCUT2D eigenvalue weighted by Crippen LogP contribution is -2.56. The Kier molecular flexibility index (Phi) is 3.56. The van der Waals surface area contributed by atoms with Crippen molar-refractivity contribution < 1.29 is 14.8 Å². The second-order valence-corrected chi connectivity index (χ2v) is 3.06. The fourth-order valence-corrected chi connectivity index (χ4v) is 0.617. The van der Waals surface area contributed by atoms with E-state index >= 15 is 0 Å². The van der Waals surface area contributed by atoms with Gasteiger partial charge in [0, 0.05) is 25.9 Å². The third-order valence-electron chi connectivity index (χ3n) is 1.83. The number of nitro groups is 1. The predicted molar refractivity (Wildman–Crippen MR) is 42.1 cm³/mol. The van der Waals surface area contributed by atoms with Crippen molar-refractivity contribution in [3.63, 3.8) is 0 Å². The number of nitrogens with two attached hydrogens (primary N) is 1. The first-order chi connectivity index (χ1) is 5.34. The Morgan fingerprint density at radius 1 is 1.67 bits per heavy atom. The predicted octanol–water partition coefficient (Wildman–Crippen LogP) is -0.666. The molecule has 0 aromatic rings. The summed E-state index contributed by atoms with van der Waals surface area (Å²) in [5.41, 5.74) is 4.00. The Morgan fingerprint density at radius 2 is 2.08 bits per heavy atom. The number of hydrogen-bond acceptors (Lipinski definition) is 5. The fraction of sp³-hybridized carbons (Fsp3) is 1.00. The summed E-state index contributed by atoms with van der Waals surface area (Å²) >= 11 is 0. The van der Waals surface area contributed by atoms with E-state index in [1.807, 2.05) is 0 Å². The van der Waals surface area contributed by atoms with Crippen LogP contribution in [0.2, 0.25) is 0 Å². The third-order valence-corrected chi connectivity index (χ3v) is 1.83. The molecule has 3 N–H and O–H groups in total. The zero-order chi connectivity index (χ0) is 9.94. The van der Waals surface area contributed by atoms with E-state index in [0.29, 0.717) is 0 Å². The molecule has 2 atom stereocenters. The zero-order valence-electron chi connectivity index (χ0n) is 7.35. The van der Waals surface area contributed by atoms with Gasteiger partial charge in [-0.25, -0.2) is 0 Å². The number of methoxy groups -OCH3 is 1. The lowest BCUT2D eigenvalue weighted by atomic mass is 9.96. The quantitative estimate of drug-likeness (QED) is 0.338. The second-order valence-electron chi connectivity index (χ2n) is 3.06. The van der Waals surface area contributed by atoms with Crippen molar-refractivity contribution >= 4 is 0 Å². The highest BCUT2D eigenvalue weighted by Gasteiger charge is 2.42. The molecule has 0 saturated heterocycles. The Morgan fingerprint density at radius 3 is 2.33 bits per heavy atom. The molecule has 0 radical (unpaired) electrons. The SMILES string of the molecule is COC(O)C(N)C(C)(C)[N+](=O)[O-]. The molecule has 0 rings (SSSR count). The minimum Gasteiger partial charge on any atom is -0.366 e. The van der Waals surface area contributed by atoms with E-state index in [2.05, 4.69) is 4.74 Å². The van der Waals surface area contributed by atoms with Gasteiger partial charge in [0.15, 0.2) is 6.29 Å². The van der Waals surface area contributed by atoms with Gasteiger partial charge in [-0.2, -0.15) is 0 Å². The molecule has 0 aliphatic rings. The van der Waals surface area contributed by atoms with Crippen molar-refractivity contribution in [2.45, 2.75) is 31.7 Å². The van der Waals surface area contributed by atoms with Crippen LogP contribution in [0.15, 0.2) is 0 Å². The van der Waals surface area contributed by atoms with Crippen LogP contribution in [0.1, 0.15) is 13.8 Å². The summed E-state index contributed by atoms with van der Waals surface area (Å²) in [5, 5.41) is 19.5. The first-order valence-corrected chi connectivity index (χ1v) is 3.45. The molecular formula is C6H14N2O4. The molecule has 6 nitrogen and oxygen atoms in total. The Labute approximate surface area is 70.5 Å². The number of ether oxygens (including phenoxy) is 1. The van der Waals surface area contributed by atoms with Gasteiger partial charge in [0.2, 0.25) is 5.54 Å². The Hall–Kier alpha value is -0.720. The van der Waals surface area contributed by atoms with E-state index < -0.39 is 22.8 Å². The molecule has 2 unspecified atom stereocenters. The van der Waals surface area contributed by atoms with Crippen molar-refractivity contribution in [2.75, 3.05) is 7.11 Å². The maximum absolute atomic E-state index is 10.4. The van der Waals surface area contributed by atoms with E-state index in [4.69, 9.17) is 10.8 Å². The van der Waals surface area contributed by atoms with Crippen LogP contribution in [0.3, 0.4) is 0 Å². The average molecular weight is 178 g/mol. The van der Waals surface area contributed by atoms with Crippen LogP contribution in [-0.2, 0) is 4.74 Å². The normalized spacial score (nSPS) is 17.1. The molecule has 0 aliphatic heterocycles. The van der Waals surface area contributed by atoms with E-state index in [9.17, 15) is 10.1 Å². The highest BCUT2D eigenvalue weighted by Crippen LogP contribution is 2.14. The molecule has 0 fully saturated rings. The summed E-state index contributed by atoms with van der Waals surface area (Å²) in [6.07, 6.45) is -1.31. The maximum Gasteiger partial charge on any atom is 0.236 e. The molecule has 0 heterocycles. The fourth-order valence-electron chi connectivity index (χ4n) is 0.617. The lowest BCUT2D eigenvalue weighted by Gasteiger charge is -2.25. The van der Waals surface area contributed by atoms with E-state index in [1.165, 1.54) is 21.0 Å². The molecule has 0 saturated carbocycles. The van der Waals surface area contributed by atoms with Crippen molar-refractivity contribution in [3.05, 3.63) is 10.1 Å². The molecule has 6 heteroatoms. The molecule has 0 amide bonds. The smallest absolute Gasteiger partial charge is 0.236 e. The highest BCUT2D eigenvalue weighted by atomic mass is 16.6. The molecule has 72 valence electrons. The molecular weight excluding hydrogens is 164 g/mol. The summed E-state index contributed by atoms with van der Waals surface area (Å²) in [4.78, 5) is 9.90. The van der Waals surface area contributed by atoms with Crippen molar-refractivity contribution in [1.82, 2.24) is 0 Å². The van der Waals surface area contributed by atoms with Crippen LogP contribution in [0.5, 0.6) is 0 Å². The monoisotopic (exact) mass is 178 g/mol. The van der Waals surface area contributed by atoms with E-state index in [-0.39, 0.29) is 0 Å². The lowest BCUT2D eigenvalue weighted by molar-refractivity contribution is -0.568. The van der Waals surface area contributed by atoms with Gasteiger partial charge in [0.1, 0.15) is 6.04 Å². The number of rotatable bonds is 4. The number of aliphatic hydroxyl groups excluding tert-OH is 1. The number of hydrogen-bond donors (Lipinski definition) is 2. The average Bonchev–Trinajstić information content (AvgIpc) is 2.01. The Bertz CT molecular complexity index is 171. The molecule has 0 aromatic carbocycles. The van der Waals surface area contributed by atoms with E-state index in [1.54, 1.807) is 0 Å². The first-order valence-electron chi connectivity index (χ1n) is 3.45. The van der Waals surface area contributed by atoms with Crippen molar-refractivity contribution in [2.24, 2.45) is 5.73 Å². The van der Waals surface area contributed by atoms with Crippen molar-refractivity contribution in [3.8, 4) is 0 Å². The van der Waals surface area contributed by atoms with Crippen LogP contribution in [0.4, 0.5) is 0 Å². The van der Waals surface area contributed by atoms with Gasteiger partial charge in [0.25, 0.3) is 0 Å². The van der Waals surface area contributed by atoms with Gasteiger partial charge in [-0.15, -0.1) is 0 Å². The minimum absolute atomic E-state index is 0.542. The molecule has 0 bridgehead atoms. The van der Waals surface area contributed by atoms with Gasteiger partial charge < -0.3 is 15.6 Å². The topological polar surface area (TPSA) is 98.6 Å². The summed E-state index contributed by atoms with van der Waals surface area (Å²) in [6.45, 7) is 2.67. The standard InChI is InChI=1S/C6H14N2O4/c1-6(2,8(10)11)4(7)5(9)12-3/h4-5,9H,7H2,1-3H3. The summed E-state index contributed by atoms with van der Waals surface area (Å²) in [5.74, 6) is 0. The zero-order valence-corrected chi connectivity index (χ0v) is 7.35. The van der Waals surface area contributed by atoms with Gasteiger partial charge in [-0.1, -0.05) is 0 Å². The second kappa shape index (κ2) is 3.79. The highest BCUT2D eigenvalue weighted by molar-refractivity contribution is 4.83. The first kappa shape index (κ1) is 11.3. The molecule has 0 aliphatic carbocycles.